The van der Waals surface area contributed by atoms with Crippen molar-refractivity contribution < 1.29 is 13.2 Å². The van der Waals surface area contributed by atoms with Crippen molar-refractivity contribution in [2.24, 2.45) is 0 Å². The summed E-state index contributed by atoms with van der Waals surface area (Å²) in [6.45, 7) is 2.02. The van der Waals surface area contributed by atoms with E-state index in [1.165, 1.54) is 18.2 Å². The molecule has 0 saturated heterocycles. The highest BCUT2D eigenvalue weighted by Crippen LogP contribution is 2.30. The summed E-state index contributed by atoms with van der Waals surface area (Å²) in [5, 5.41) is 3.31. The van der Waals surface area contributed by atoms with Gasteiger partial charge in [-0.3, -0.25) is 9.10 Å². The van der Waals surface area contributed by atoms with Gasteiger partial charge in [0.25, 0.3) is 0 Å². The highest BCUT2D eigenvalue weighted by molar-refractivity contribution is 7.92. The number of sulfonamides is 1. The molecule has 1 amide bonds. The van der Waals surface area contributed by atoms with Crippen molar-refractivity contribution in [3.63, 3.8) is 0 Å². The van der Waals surface area contributed by atoms with E-state index in [2.05, 4.69) is 5.32 Å². The summed E-state index contributed by atoms with van der Waals surface area (Å²) in [7, 11) is -3.69. The Balaban J connectivity index is 2.08. The quantitative estimate of drug-likeness (QED) is 0.750. The molecule has 1 unspecified atom stereocenters. The number of nitrogens with zero attached hydrogens (tertiary/aromatic N) is 1. The van der Waals surface area contributed by atoms with Crippen LogP contribution in [0.5, 0.6) is 0 Å². The maximum Gasteiger partial charge on any atom is 0.240 e. The monoisotopic (exact) mass is 414 g/mol. The number of hydrogen-bond acceptors (Lipinski definition) is 3. The number of carbonyl (C=O) groups excluding carboxylic acids is 1. The van der Waals surface area contributed by atoms with Crippen molar-refractivity contribution in [2.75, 3.05) is 23.7 Å². The first-order valence-electron chi connectivity index (χ1n) is 7.93. The van der Waals surface area contributed by atoms with Gasteiger partial charge in [0.15, 0.2) is 0 Å². The second kappa shape index (κ2) is 8.75. The third kappa shape index (κ3) is 5.62. The van der Waals surface area contributed by atoms with Gasteiger partial charge in [-0.05, 0) is 29.7 Å². The molecule has 2 aromatic carbocycles. The standard InChI is InChI=1S/C18H20Cl2N2O3S/c1-13(14-6-4-3-5-7-14)11-21-18(23)12-22(26(2,24)25)17-9-8-15(19)10-16(17)20/h3-10,13H,11-12H2,1-2H3,(H,21,23). The summed E-state index contributed by atoms with van der Waals surface area (Å²) in [5.74, 6) is -0.310. The summed E-state index contributed by atoms with van der Waals surface area (Å²) in [5.41, 5.74) is 1.30. The highest BCUT2D eigenvalue weighted by atomic mass is 35.5. The van der Waals surface area contributed by atoms with Crippen LogP contribution in [0.4, 0.5) is 5.69 Å². The van der Waals surface area contributed by atoms with E-state index in [-0.39, 0.29) is 23.2 Å². The fourth-order valence-corrected chi connectivity index (χ4v) is 3.85. The van der Waals surface area contributed by atoms with Crippen LogP contribution >= 0.6 is 23.2 Å². The van der Waals surface area contributed by atoms with E-state index in [1.807, 2.05) is 37.3 Å². The number of benzene rings is 2. The molecule has 140 valence electrons. The molecule has 0 radical (unpaired) electrons. The van der Waals surface area contributed by atoms with Crippen molar-refractivity contribution in [2.45, 2.75) is 12.8 Å². The Morgan fingerprint density at radius 3 is 2.38 bits per heavy atom. The predicted octanol–water partition coefficient (Wildman–Crippen LogP) is 3.68. The molecule has 0 spiro atoms. The van der Waals surface area contributed by atoms with Crippen LogP contribution in [0.25, 0.3) is 0 Å². The SMILES string of the molecule is CC(CNC(=O)CN(c1ccc(Cl)cc1Cl)S(C)(=O)=O)c1ccccc1. The molecule has 0 aromatic heterocycles. The van der Waals surface area contributed by atoms with Crippen molar-refractivity contribution in [3.05, 3.63) is 64.1 Å². The molecule has 26 heavy (non-hydrogen) atoms. The number of carbonyl (C=O) groups is 1. The van der Waals surface area contributed by atoms with Crippen LogP contribution in [-0.4, -0.2) is 33.7 Å². The van der Waals surface area contributed by atoms with Crippen LogP contribution in [0.3, 0.4) is 0 Å². The lowest BCUT2D eigenvalue weighted by molar-refractivity contribution is -0.119. The summed E-state index contributed by atoms with van der Waals surface area (Å²) >= 11 is 12.0. The Morgan fingerprint density at radius 2 is 1.81 bits per heavy atom. The normalized spacial score (nSPS) is 12.5. The lowest BCUT2D eigenvalue weighted by atomic mass is 10.0. The Morgan fingerprint density at radius 1 is 1.15 bits per heavy atom. The Labute approximate surface area is 164 Å². The van der Waals surface area contributed by atoms with Crippen molar-refractivity contribution in [1.82, 2.24) is 5.32 Å². The van der Waals surface area contributed by atoms with Crippen LogP contribution in [-0.2, 0) is 14.8 Å². The molecule has 8 heteroatoms. The smallest absolute Gasteiger partial charge is 0.240 e. The Kier molecular flexibility index (Phi) is 6.92. The minimum Gasteiger partial charge on any atom is -0.354 e. The maximum atomic E-state index is 12.3. The maximum absolute atomic E-state index is 12.3. The molecule has 2 aromatic rings. The Bertz CT molecular complexity index is 873. The van der Waals surface area contributed by atoms with Gasteiger partial charge >= 0.3 is 0 Å². The third-order valence-corrected chi connectivity index (χ3v) is 5.50. The summed E-state index contributed by atoms with van der Waals surface area (Å²) < 4.78 is 25.2. The minimum absolute atomic E-state index is 0.103. The molecule has 1 atom stereocenters. The van der Waals surface area contributed by atoms with Gasteiger partial charge in [0.05, 0.1) is 17.0 Å². The molecule has 0 aliphatic rings. The van der Waals surface area contributed by atoms with E-state index in [0.29, 0.717) is 11.6 Å². The number of amides is 1. The first-order valence-corrected chi connectivity index (χ1v) is 10.5. The van der Waals surface area contributed by atoms with Crippen LogP contribution < -0.4 is 9.62 Å². The van der Waals surface area contributed by atoms with Gasteiger partial charge in [-0.15, -0.1) is 0 Å². The Hall–Kier alpha value is -1.76. The van der Waals surface area contributed by atoms with Gasteiger partial charge in [0.1, 0.15) is 6.54 Å². The highest BCUT2D eigenvalue weighted by Gasteiger charge is 2.23. The molecule has 0 aliphatic heterocycles. The van der Waals surface area contributed by atoms with Crippen LogP contribution in [0, 0.1) is 0 Å². The molecule has 2 rings (SSSR count). The molecule has 0 bridgehead atoms. The van der Waals surface area contributed by atoms with E-state index >= 15 is 0 Å². The van der Waals surface area contributed by atoms with Crippen molar-refractivity contribution in [3.8, 4) is 0 Å². The third-order valence-electron chi connectivity index (χ3n) is 3.84. The number of rotatable bonds is 7. The molecule has 0 saturated carbocycles. The predicted molar refractivity (Wildman–Crippen MR) is 107 cm³/mol. The zero-order chi connectivity index (χ0) is 19.3. The van der Waals surface area contributed by atoms with Crippen LogP contribution in [0.2, 0.25) is 10.0 Å². The van der Waals surface area contributed by atoms with Gasteiger partial charge in [0, 0.05) is 11.6 Å². The summed E-state index contributed by atoms with van der Waals surface area (Å²) in [6.07, 6.45) is 1.03. The molecule has 1 N–H and O–H groups in total. The zero-order valence-electron chi connectivity index (χ0n) is 14.4. The zero-order valence-corrected chi connectivity index (χ0v) is 16.8. The molecule has 0 fully saturated rings. The van der Waals surface area contributed by atoms with Gasteiger partial charge in [-0.2, -0.15) is 0 Å². The minimum atomic E-state index is -3.69. The lowest BCUT2D eigenvalue weighted by Crippen LogP contribution is -2.41. The molecule has 5 nitrogen and oxygen atoms in total. The largest absolute Gasteiger partial charge is 0.354 e. The fourth-order valence-electron chi connectivity index (χ4n) is 2.42. The first kappa shape index (κ1) is 20.6. The van der Waals surface area contributed by atoms with Crippen LogP contribution in [0.15, 0.2) is 48.5 Å². The van der Waals surface area contributed by atoms with E-state index in [1.54, 1.807) is 0 Å². The second-order valence-corrected chi connectivity index (χ2v) is 8.73. The van der Waals surface area contributed by atoms with Crippen molar-refractivity contribution >= 4 is 44.8 Å². The van der Waals surface area contributed by atoms with Gasteiger partial charge in [-0.1, -0.05) is 60.5 Å². The van der Waals surface area contributed by atoms with E-state index in [0.717, 1.165) is 16.1 Å². The van der Waals surface area contributed by atoms with Crippen LogP contribution in [0.1, 0.15) is 18.4 Å². The number of nitrogens with one attached hydrogen (secondary N) is 1. The van der Waals surface area contributed by atoms with E-state index in [4.69, 9.17) is 23.2 Å². The van der Waals surface area contributed by atoms with Crippen molar-refractivity contribution in [1.29, 1.82) is 0 Å². The summed E-state index contributed by atoms with van der Waals surface area (Å²) in [6, 6.07) is 14.2. The molecular weight excluding hydrogens is 395 g/mol. The number of halogens is 2. The second-order valence-electron chi connectivity index (χ2n) is 5.98. The molecule has 0 aliphatic carbocycles. The van der Waals surface area contributed by atoms with E-state index < -0.39 is 15.9 Å². The average molecular weight is 415 g/mol. The number of hydrogen-bond donors (Lipinski definition) is 1. The molecule has 0 heterocycles. The first-order chi connectivity index (χ1) is 12.2. The lowest BCUT2D eigenvalue weighted by Gasteiger charge is -2.23. The van der Waals surface area contributed by atoms with Gasteiger partial charge in [-0.25, -0.2) is 8.42 Å². The van der Waals surface area contributed by atoms with Gasteiger partial charge in [0.2, 0.25) is 15.9 Å². The molecular formula is C18H20Cl2N2O3S. The number of anilines is 1. The van der Waals surface area contributed by atoms with E-state index in [9.17, 15) is 13.2 Å². The summed E-state index contributed by atoms with van der Waals surface area (Å²) in [4.78, 5) is 12.3. The fraction of sp³-hybridized carbons (Fsp3) is 0.278. The van der Waals surface area contributed by atoms with Gasteiger partial charge < -0.3 is 5.32 Å². The average Bonchev–Trinajstić information content (AvgIpc) is 2.58. The topological polar surface area (TPSA) is 66.5 Å².